The summed E-state index contributed by atoms with van der Waals surface area (Å²) in [4.78, 5) is 34.5. The maximum absolute atomic E-state index is 10.4. The number of anilines is 1. The van der Waals surface area contributed by atoms with Crippen molar-refractivity contribution in [1.29, 1.82) is 0 Å². The smallest absolute Gasteiger partial charge is 0.325 e. The van der Waals surface area contributed by atoms with Crippen molar-refractivity contribution in [1.82, 2.24) is 4.98 Å². The third kappa shape index (κ3) is 17.7. The third-order valence-corrected chi connectivity index (χ3v) is 4.04. The van der Waals surface area contributed by atoms with Gasteiger partial charge in [-0.2, -0.15) is 11.8 Å². The largest absolute Gasteiger partial charge is 0.480 e. The Balaban J connectivity index is 0. The molecule has 0 unspecified atom stereocenters. The molecule has 0 amide bonds. The number of nitrogens with two attached hydrogens (primary N) is 2. The molecule has 0 aromatic carbocycles. The second-order valence-electron chi connectivity index (χ2n) is 6.72. The van der Waals surface area contributed by atoms with E-state index in [0.717, 1.165) is 5.75 Å². The van der Waals surface area contributed by atoms with Crippen molar-refractivity contribution >= 4 is 35.5 Å². The maximum atomic E-state index is 10.4. The van der Waals surface area contributed by atoms with Crippen LogP contribution in [-0.2, 0) is 14.4 Å². The van der Waals surface area contributed by atoms with E-state index in [4.69, 9.17) is 26.8 Å². The minimum atomic E-state index is -0.913. The van der Waals surface area contributed by atoms with Gasteiger partial charge in [-0.15, -0.1) is 0 Å². The Kier molecular flexibility index (Phi) is 17.4. The van der Waals surface area contributed by atoms with Gasteiger partial charge in [0.05, 0.1) is 0 Å². The normalized spacial score (nSPS) is 12.9. The number of rotatable bonds is 10. The van der Waals surface area contributed by atoms with Crippen LogP contribution in [0, 0.1) is 5.92 Å². The molecule has 30 heavy (non-hydrogen) atoms. The van der Waals surface area contributed by atoms with Gasteiger partial charge in [0.2, 0.25) is 0 Å². The Morgan fingerprint density at radius 3 is 1.93 bits per heavy atom. The first kappa shape index (κ1) is 29.8. The third-order valence-electron chi connectivity index (χ3n) is 3.39. The zero-order valence-electron chi connectivity index (χ0n) is 17.8. The first-order valence-electron chi connectivity index (χ1n) is 9.28. The summed E-state index contributed by atoms with van der Waals surface area (Å²) in [7, 11) is 0. The molecule has 0 aliphatic carbocycles. The zero-order chi connectivity index (χ0) is 23.7. The molecule has 0 radical (unpaired) electrons. The summed E-state index contributed by atoms with van der Waals surface area (Å²) in [6, 6.07) is 3.31. The van der Waals surface area contributed by atoms with Crippen LogP contribution in [0.3, 0.4) is 0 Å². The van der Waals surface area contributed by atoms with Crippen LogP contribution >= 0.6 is 11.8 Å². The van der Waals surface area contributed by atoms with Crippen molar-refractivity contribution < 1.29 is 29.7 Å². The number of carboxylic acid groups (broad SMARTS) is 3. The van der Waals surface area contributed by atoms with E-state index in [1.54, 1.807) is 43.1 Å². The summed E-state index contributed by atoms with van der Waals surface area (Å²) >= 11 is 1.60. The minimum Gasteiger partial charge on any atom is -0.480 e. The van der Waals surface area contributed by atoms with Crippen LogP contribution < -0.4 is 16.8 Å². The Morgan fingerprint density at radius 1 is 1.03 bits per heavy atom. The fraction of sp³-hybridized carbons (Fsp3) is 0.579. The number of hydrogen-bond acceptors (Lipinski definition) is 8. The van der Waals surface area contributed by atoms with Crippen molar-refractivity contribution in [3.8, 4) is 0 Å². The summed E-state index contributed by atoms with van der Waals surface area (Å²) in [5.41, 5.74) is 10.4. The molecule has 10 nitrogen and oxygen atoms in total. The highest BCUT2D eigenvalue weighted by Crippen LogP contribution is 2.02. The lowest BCUT2D eigenvalue weighted by molar-refractivity contribution is -0.139. The lowest BCUT2D eigenvalue weighted by atomic mass is 10.1. The van der Waals surface area contributed by atoms with E-state index < -0.39 is 36.0 Å². The molecule has 1 heterocycles. The predicted octanol–water partition coefficient (Wildman–Crippen LogP) is 1.56. The molecule has 0 saturated carbocycles. The quantitative estimate of drug-likeness (QED) is 0.306. The van der Waals surface area contributed by atoms with Gasteiger partial charge in [0.1, 0.15) is 23.9 Å². The van der Waals surface area contributed by atoms with E-state index in [1.807, 2.05) is 20.1 Å². The standard InChI is InChI=1S/C8H10N2O2.C6H13NO2.C5H11NO2S/c1-6(8(11)12)10-7-4-2-3-5-9-7;1-4(2)3-5(7)6(8)9;1-9-3-2-4(6)5(7)8/h2-6H,1H3,(H,9,10)(H,11,12);4-5H,3,7H2,1-2H3,(H,8,9);4H,2-3,6H2,1H3,(H,7,8)/t6-;5-;4-/m000/s1. The van der Waals surface area contributed by atoms with Gasteiger partial charge in [0.25, 0.3) is 0 Å². The summed E-state index contributed by atoms with van der Waals surface area (Å²) < 4.78 is 0. The molecule has 8 N–H and O–H groups in total. The number of nitrogens with zero attached hydrogens (tertiary/aromatic N) is 1. The number of hydrogen-bond donors (Lipinski definition) is 6. The average molecular weight is 447 g/mol. The average Bonchev–Trinajstić information content (AvgIpc) is 2.67. The molecule has 0 aliphatic heterocycles. The van der Waals surface area contributed by atoms with Crippen molar-refractivity contribution in [3.63, 3.8) is 0 Å². The van der Waals surface area contributed by atoms with Crippen molar-refractivity contribution in [2.45, 2.75) is 51.7 Å². The summed E-state index contributed by atoms with van der Waals surface area (Å²) in [5.74, 6) is -0.968. The Labute approximate surface area is 181 Å². The lowest BCUT2D eigenvalue weighted by Gasteiger charge is -2.08. The van der Waals surface area contributed by atoms with E-state index >= 15 is 0 Å². The molecule has 0 fully saturated rings. The molecule has 11 heteroatoms. The fourth-order valence-electron chi connectivity index (χ4n) is 1.71. The van der Waals surface area contributed by atoms with E-state index in [-0.39, 0.29) is 0 Å². The van der Waals surface area contributed by atoms with Gasteiger partial charge in [-0.3, -0.25) is 14.4 Å². The molecule has 0 bridgehead atoms. The number of aliphatic carboxylic acids is 3. The highest BCUT2D eigenvalue weighted by Gasteiger charge is 2.12. The summed E-state index contributed by atoms with van der Waals surface area (Å²) in [5, 5.41) is 27.9. The number of thioether (sulfide) groups is 1. The van der Waals surface area contributed by atoms with E-state index in [2.05, 4.69) is 10.3 Å². The van der Waals surface area contributed by atoms with Gasteiger partial charge in [-0.05, 0) is 49.8 Å². The van der Waals surface area contributed by atoms with Crippen LogP contribution in [0.2, 0.25) is 0 Å². The molecule has 0 saturated heterocycles. The Bertz CT molecular complexity index is 618. The molecule has 1 aromatic rings. The molecule has 172 valence electrons. The summed E-state index contributed by atoms with van der Waals surface area (Å²) in [6.07, 6.45) is 4.64. The molecule has 0 spiro atoms. The van der Waals surface area contributed by atoms with Crippen LogP contribution in [-0.4, -0.2) is 68.3 Å². The number of carbonyl (C=O) groups is 3. The molecule has 1 rings (SSSR count). The Hall–Kier alpha value is -2.37. The first-order chi connectivity index (χ1) is 13.9. The van der Waals surface area contributed by atoms with Crippen LogP contribution in [0.15, 0.2) is 24.4 Å². The van der Waals surface area contributed by atoms with Gasteiger partial charge in [-0.25, -0.2) is 4.98 Å². The molecular weight excluding hydrogens is 412 g/mol. The van der Waals surface area contributed by atoms with Gasteiger partial charge in [0.15, 0.2) is 0 Å². The zero-order valence-corrected chi connectivity index (χ0v) is 18.6. The summed E-state index contributed by atoms with van der Waals surface area (Å²) in [6.45, 7) is 5.46. The van der Waals surface area contributed by atoms with Crippen molar-refractivity contribution in [2.24, 2.45) is 17.4 Å². The SMILES string of the molecule is CC(C)C[C@H](N)C(=O)O.CSCC[C@H](N)C(=O)O.C[C@H](Nc1ccccn1)C(=O)O. The molecule has 1 aromatic heterocycles. The number of carboxylic acids is 3. The van der Waals surface area contributed by atoms with Gasteiger partial charge in [-0.1, -0.05) is 19.9 Å². The maximum Gasteiger partial charge on any atom is 0.325 e. The highest BCUT2D eigenvalue weighted by atomic mass is 32.2. The van der Waals surface area contributed by atoms with Crippen LogP contribution in [0.25, 0.3) is 0 Å². The van der Waals surface area contributed by atoms with Crippen molar-refractivity contribution in [2.75, 3.05) is 17.3 Å². The number of pyridine rings is 1. The van der Waals surface area contributed by atoms with Crippen LogP contribution in [0.5, 0.6) is 0 Å². The van der Waals surface area contributed by atoms with E-state index in [1.165, 1.54) is 0 Å². The van der Waals surface area contributed by atoms with E-state index in [0.29, 0.717) is 24.6 Å². The highest BCUT2D eigenvalue weighted by molar-refractivity contribution is 7.98. The fourth-order valence-corrected chi connectivity index (χ4v) is 2.20. The topological polar surface area (TPSA) is 189 Å². The molecule has 3 atom stereocenters. The monoisotopic (exact) mass is 446 g/mol. The van der Waals surface area contributed by atoms with Crippen LogP contribution in [0.4, 0.5) is 5.82 Å². The lowest BCUT2D eigenvalue weighted by Crippen LogP contribution is -2.31. The Morgan fingerprint density at radius 2 is 1.60 bits per heavy atom. The molecule has 0 aliphatic rings. The van der Waals surface area contributed by atoms with Crippen molar-refractivity contribution in [3.05, 3.63) is 24.4 Å². The minimum absolute atomic E-state index is 0.357. The van der Waals surface area contributed by atoms with Gasteiger partial charge in [0, 0.05) is 6.20 Å². The molecular formula is C19H34N4O6S. The predicted molar refractivity (Wildman–Crippen MR) is 119 cm³/mol. The van der Waals surface area contributed by atoms with Gasteiger partial charge < -0.3 is 32.1 Å². The first-order valence-corrected chi connectivity index (χ1v) is 10.7. The number of nitrogens with one attached hydrogen (secondary N) is 1. The van der Waals surface area contributed by atoms with E-state index in [9.17, 15) is 14.4 Å². The van der Waals surface area contributed by atoms with Gasteiger partial charge >= 0.3 is 17.9 Å². The number of aromatic nitrogens is 1. The second-order valence-corrected chi connectivity index (χ2v) is 7.71. The second kappa shape index (κ2) is 17.5. The van der Waals surface area contributed by atoms with Crippen LogP contribution in [0.1, 0.15) is 33.6 Å².